The molecule has 6 aliphatic heterocycles. The second kappa shape index (κ2) is 17.9. The van der Waals surface area contributed by atoms with Crippen molar-refractivity contribution in [3.63, 3.8) is 0 Å². The van der Waals surface area contributed by atoms with Gasteiger partial charge in [-0.1, -0.05) is 32.0 Å². The summed E-state index contributed by atoms with van der Waals surface area (Å²) >= 11 is 0. The summed E-state index contributed by atoms with van der Waals surface area (Å²) in [7, 11) is 0. The molecule has 2 aliphatic carbocycles. The fourth-order valence-corrected chi connectivity index (χ4v) is 14.5. The van der Waals surface area contributed by atoms with Gasteiger partial charge in [0.2, 0.25) is 11.8 Å². The van der Waals surface area contributed by atoms with E-state index in [9.17, 15) is 19.5 Å². The van der Waals surface area contributed by atoms with Gasteiger partial charge < -0.3 is 34.8 Å². The number of aromatic hydroxyl groups is 1. The number of piperazine rings is 2. The molecule has 15 nitrogen and oxygen atoms in total. The summed E-state index contributed by atoms with van der Waals surface area (Å²) in [4.78, 5) is 63.8. The van der Waals surface area contributed by atoms with E-state index in [4.69, 9.17) is 19.7 Å². The van der Waals surface area contributed by atoms with Crippen molar-refractivity contribution < 1.29 is 28.6 Å². The molecule has 3 amide bonds. The number of piperidine rings is 2. The van der Waals surface area contributed by atoms with Gasteiger partial charge in [0.1, 0.15) is 28.8 Å². The smallest absolute Gasteiger partial charge is 0.319 e. The first-order chi connectivity index (χ1) is 35.3. The fourth-order valence-electron chi connectivity index (χ4n) is 14.5. The first kappa shape index (κ1) is 46.8. The van der Waals surface area contributed by atoms with E-state index in [2.05, 4.69) is 50.1 Å². The zero-order chi connectivity index (χ0) is 49.8. The van der Waals surface area contributed by atoms with Gasteiger partial charge in [-0.3, -0.25) is 29.6 Å². The number of aryl methyl sites for hydroxylation is 1. The number of fused-ring (bicyclic) bond motifs is 5. The Kier molecular flexibility index (Phi) is 11.4. The number of amides is 3. The van der Waals surface area contributed by atoms with Crippen molar-refractivity contribution in [1.29, 1.82) is 0 Å². The largest absolute Gasteiger partial charge is 0.508 e. The summed E-state index contributed by atoms with van der Waals surface area (Å²) in [6, 6.07) is 15.7. The molecule has 3 aromatic carbocycles. The van der Waals surface area contributed by atoms with Crippen molar-refractivity contribution >= 4 is 50.9 Å². The van der Waals surface area contributed by atoms with E-state index in [1.165, 1.54) is 25.7 Å². The van der Waals surface area contributed by atoms with Crippen molar-refractivity contribution in [1.82, 2.24) is 40.3 Å². The lowest BCUT2D eigenvalue weighted by atomic mass is 9.50. The van der Waals surface area contributed by atoms with Gasteiger partial charge in [0.05, 0.1) is 12.0 Å². The number of hydrogen-bond acceptors (Lipinski definition) is 13. The lowest BCUT2D eigenvalue weighted by molar-refractivity contribution is -0.136. The van der Waals surface area contributed by atoms with Gasteiger partial charge in [0, 0.05) is 106 Å². The maximum atomic E-state index is 17.2. The number of nitrogens with one attached hydrogen (secondary N) is 2. The lowest BCUT2D eigenvalue weighted by Gasteiger charge is -2.59. The number of carbonyl (C=O) groups excluding carboxylic acids is 3. The highest BCUT2D eigenvalue weighted by atomic mass is 19.1. The Morgan fingerprint density at radius 3 is 2.36 bits per heavy atom. The van der Waals surface area contributed by atoms with E-state index < -0.39 is 11.9 Å². The minimum absolute atomic E-state index is 0.0275. The molecule has 2 saturated carbocycles. The summed E-state index contributed by atoms with van der Waals surface area (Å²) in [5, 5.41) is 19.2. The van der Waals surface area contributed by atoms with Crippen molar-refractivity contribution in [2.75, 3.05) is 81.9 Å². The predicted octanol–water partition coefficient (Wildman–Crippen LogP) is 6.82. The number of likely N-dealkylation sites (tertiary alicyclic amines) is 1. The van der Waals surface area contributed by atoms with Crippen molar-refractivity contribution in [3.05, 3.63) is 77.2 Å². The molecule has 382 valence electrons. The summed E-state index contributed by atoms with van der Waals surface area (Å²) < 4.78 is 23.8. The van der Waals surface area contributed by atoms with E-state index in [-0.39, 0.29) is 52.5 Å². The van der Waals surface area contributed by atoms with Gasteiger partial charge in [-0.05, 0) is 140 Å². The van der Waals surface area contributed by atoms with Crippen LogP contribution in [0.25, 0.3) is 32.9 Å². The molecule has 8 aliphatic rings. The van der Waals surface area contributed by atoms with Crippen molar-refractivity contribution in [3.8, 4) is 23.0 Å². The van der Waals surface area contributed by atoms with Gasteiger partial charge in [-0.2, -0.15) is 9.97 Å². The molecule has 5 saturated heterocycles. The third-order valence-corrected chi connectivity index (χ3v) is 18.2. The number of anilines is 2. The Morgan fingerprint density at radius 1 is 0.849 bits per heavy atom. The highest BCUT2D eigenvalue weighted by Crippen LogP contribution is 2.60. The molecule has 7 fully saturated rings. The van der Waals surface area contributed by atoms with Crippen molar-refractivity contribution in [2.24, 2.45) is 16.2 Å². The number of carbonyl (C=O) groups is 3. The highest BCUT2D eigenvalue weighted by molar-refractivity contribution is 6.06. The molecule has 0 radical (unpaired) electrons. The number of ether oxygens (including phenoxy) is 1. The molecule has 3 atom stereocenters. The first-order valence-corrected chi connectivity index (χ1v) is 27.0. The Hall–Kier alpha value is -5.97. The topological polar surface area (TPSA) is 160 Å². The van der Waals surface area contributed by atoms with Crippen molar-refractivity contribution in [2.45, 2.75) is 109 Å². The molecular weight excluding hydrogens is 924 g/mol. The second-order valence-corrected chi connectivity index (χ2v) is 23.7. The van der Waals surface area contributed by atoms with E-state index in [0.717, 1.165) is 125 Å². The van der Waals surface area contributed by atoms with Crippen LogP contribution in [0.3, 0.4) is 0 Å². The van der Waals surface area contributed by atoms with Gasteiger partial charge in [0.25, 0.3) is 5.91 Å². The Balaban J connectivity index is 0.630. The fraction of sp³-hybridized carbons (Fsp3) is 0.544. The number of nitrogens with zero attached hydrogens (tertiary/aromatic N) is 8. The van der Waals surface area contributed by atoms with Crippen LogP contribution in [0.2, 0.25) is 0 Å². The van der Waals surface area contributed by atoms with Gasteiger partial charge in [-0.15, -0.1) is 0 Å². The number of phenolic OH excluding ortho intramolecular Hbond substituents is 1. The van der Waals surface area contributed by atoms with Crippen LogP contribution < -0.4 is 25.2 Å². The number of imide groups is 1. The number of aromatic nitrogens is 3. The normalized spacial score (nSPS) is 25.4. The SMILES string of the molecule is CCc1cccc2cc(O)cc(-c3ncc4c(N5CC6CCC(C5)N6)nc(OCC5(CN6CCC7(CC6)CC(C)(CN6CCN(c8ccc9c(c8)CN([C@H]8CCC(=O)NC8=O)C9=O)CC6)C7)CC5)nc4c3F)c12. The summed E-state index contributed by atoms with van der Waals surface area (Å²) in [6.07, 6.45) is 12.5. The second-order valence-electron chi connectivity index (χ2n) is 23.7. The van der Waals surface area contributed by atoms with Gasteiger partial charge in [0.15, 0.2) is 5.82 Å². The van der Waals surface area contributed by atoms with Crippen LogP contribution in [-0.2, 0) is 22.6 Å². The quantitative estimate of drug-likeness (QED) is 0.112. The van der Waals surface area contributed by atoms with E-state index in [1.54, 1.807) is 23.2 Å². The highest BCUT2D eigenvalue weighted by Gasteiger charge is 2.54. The number of rotatable bonds is 12. The van der Waals surface area contributed by atoms with Crippen LogP contribution in [-0.4, -0.2) is 143 Å². The molecule has 2 aromatic heterocycles. The molecule has 2 bridgehead atoms. The maximum Gasteiger partial charge on any atom is 0.319 e. The van der Waals surface area contributed by atoms with Gasteiger partial charge >= 0.3 is 6.01 Å². The average Bonchev–Trinajstić information content (AvgIpc) is 3.95. The van der Waals surface area contributed by atoms with Gasteiger partial charge in [-0.25, -0.2) is 4.39 Å². The molecule has 13 rings (SSSR count). The zero-order valence-corrected chi connectivity index (χ0v) is 42.2. The van der Waals surface area contributed by atoms with Crippen LogP contribution in [0, 0.1) is 22.1 Å². The minimum atomic E-state index is -0.602. The summed E-state index contributed by atoms with van der Waals surface area (Å²) in [6.45, 7) is 15.2. The number of benzene rings is 3. The van der Waals surface area contributed by atoms with Crippen LogP contribution in [0.5, 0.6) is 11.8 Å². The Morgan fingerprint density at radius 2 is 1.62 bits per heavy atom. The molecule has 5 aromatic rings. The number of pyridine rings is 1. The predicted molar refractivity (Wildman–Crippen MR) is 277 cm³/mol. The van der Waals surface area contributed by atoms with Crippen LogP contribution in [0.1, 0.15) is 99.5 Å². The molecule has 1 spiro atoms. The third-order valence-electron chi connectivity index (χ3n) is 18.2. The first-order valence-electron chi connectivity index (χ1n) is 27.0. The molecule has 73 heavy (non-hydrogen) atoms. The molecule has 3 N–H and O–H groups in total. The Bertz CT molecular complexity index is 3040. The van der Waals surface area contributed by atoms with E-state index in [1.807, 2.05) is 30.3 Å². The number of hydrogen-bond donors (Lipinski definition) is 3. The molecule has 2 unspecified atom stereocenters. The zero-order valence-electron chi connectivity index (χ0n) is 42.2. The lowest BCUT2D eigenvalue weighted by Crippen LogP contribution is -2.57. The minimum Gasteiger partial charge on any atom is -0.508 e. The average molecular weight is 991 g/mol. The van der Waals surface area contributed by atoms with Crippen LogP contribution in [0.4, 0.5) is 15.9 Å². The summed E-state index contributed by atoms with van der Waals surface area (Å²) in [5.41, 5.74) is 5.46. The van der Waals surface area contributed by atoms with E-state index >= 15 is 4.39 Å². The number of halogens is 1. The van der Waals surface area contributed by atoms with Crippen LogP contribution in [0.15, 0.2) is 54.7 Å². The maximum absolute atomic E-state index is 17.2. The molecule has 16 heteroatoms. The van der Waals surface area contributed by atoms with Crippen LogP contribution >= 0.6 is 0 Å². The number of phenols is 1. The van der Waals surface area contributed by atoms with E-state index in [0.29, 0.717) is 64.8 Å². The molecule has 8 heterocycles. The third kappa shape index (κ3) is 8.64. The standard InChI is InChI=1S/C57H67FN10O5/c1-3-35-5-4-6-36-24-41(69)25-43(47(35)36)49-48(58)50-44(26-59-49)51(67-28-38-7-8-39(29-67)60-38)63-54(62-50)73-34-57(13-14-57)33-64-17-15-56(16-18-64)30-55(2,31-56)32-65-19-21-66(22-20-65)40-9-10-42-37(23-40)27-68(53(42)72)45-11-12-46(70)61-52(45)71/h4-6,9-10,23-26,38-39,45,60,69H,3,7-8,11-22,27-34H2,1-2H3,(H,61,70,71)/t38?,39?,45-/m0/s1. The Labute approximate surface area is 425 Å². The monoisotopic (exact) mass is 991 g/mol. The summed E-state index contributed by atoms with van der Waals surface area (Å²) in [5.74, 6) is -0.581. The molecular formula is C57H67FN10O5.